The molecule has 5 heteroatoms. The van der Waals surface area contributed by atoms with Gasteiger partial charge in [0.1, 0.15) is 0 Å². The van der Waals surface area contributed by atoms with Gasteiger partial charge in [-0.25, -0.2) is 0 Å². The van der Waals surface area contributed by atoms with Crippen LogP contribution in [-0.2, 0) is 6.42 Å². The number of hydrogen-bond acceptors (Lipinski definition) is 5. The van der Waals surface area contributed by atoms with Gasteiger partial charge in [-0.2, -0.15) is 4.98 Å². The minimum Gasteiger partial charge on any atom is -0.339 e. The summed E-state index contributed by atoms with van der Waals surface area (Å²) < 4.78 is 5.06. The zero-order valence-electron chi connectivity index (χ0n) is 8.42. The quantitative estimate of drug-likeness (QED) is 0.807. The van der Waals surface area contributed by atoms with E-state index >= 15 is 0 Å². The minimum atomic E-state index is 0.0206. The van der Waals surface area contributed by atoms with E-state index in [4.69, 9.17) is 10.3 Å². The average molecular weight is 204 g/mol. The van der Waals surface area contributed by atoms with Gasteiger partial charge in [0.15, 0.2) is 0 Å². The molecule has 1 atom stereocenters. The van der Waals surface area contributed by atoms with Crippen molar-refractivity contribution in [3.63, 3.8) is 0 Å². The summed E-state index contributed by atoms with van der Waals surface area (Å²) in [4.78, 5) is 8.21. The number of nitrogens with two attached hydrogens (primary N) is 1. The molecule has 0 radical (unpaired) electrons. The highest BCUT2D eigenvalue weighted by atomic mass is 16.5. The molecule has 2 rings (SSSR count). The summed E-state index contributed by atoms with van der Waals surface area (Å²) in [6.07, 6.45) is 3.99. The highest BCUT2D eigenvalue weighted by Gasteiger charge is 2.09. The average Bonchev–Trinajstić information content (AvgIpc) is 2.67. The van der Waals surface area contributed by atoms with E-state index in [1.54, 1.807) is 12.4 Å². The third kappa shape index (κ3) is 2.38. The first kappa shape index (κ1) is 9.79. The Morgan fingerprint density at radius 3 is 3.07 bits per heavy atom. The van der Waals surface area contributed by atoms with Gasteiger partial charge in [0, 0.05) is 30.4 Å². The predicted molar refractivity (Wildman–Crippen MR) is 54.9 cm³/mol. The van der Waals surface area contributed by atoms with E-state index in [1.165, 1.54) is 0 Å². The van der Waals surface area contributed by atoms with Gasteiger partial charge in [0.2, 0.25) is 11.7 Å². The molecule has 2 heterocycles. The summed E-state index contributed by atoms with van der Waals surface area (Å²) in [5, 5.41) is 3.86. The third-order valence-corrected chi connectivity index (χ3v) is 1.88. The molecule has 2 N–H and O–H groups in total. The Labute approximate surface area is 87.3 Å². The Balaban J connectivity index is 2.21. The normalized spacial score (nSPS) is 12.7. The van der Waals surface area contributed by atoms with Crippen molar-refractivity contribution in [3.8, 4) is 11.4 Å². The number of aromatic nitrogens is 3. The molecular weight excluding hydrogens is 192 g/mol. The van der Waals surface area contributed by atoms with Crippen LogP contribution in [0, 0.1) is 0 Å². The van der Waals surface area contributed by atoms with E-state index in [9.17, 15) is 0 Å². The SMILES string of the molecule is CC(N)Cc1nc(-c2cccnc2)no1. The maximum absolute atomic E-state index is 5.63. The molecule has 15 heavy (non-hydrogen) atoms. The molecule has 1 unspecified atom stereocenters. The van der Waals surface area contributed by atoms with Crippen LogP contribution >= 0.6 is 0 Å². The molecule has 0 fully saturated rings. The number of hydrogen-bond donors (Lipinski definition) is 1. The van der Waals surface area contributed by atoms with E-state index in [0.717, 1.165) is 5.56 Å². The largest absolute Gasteiger partial charge is 0.339 e. The number of rotatable bonds is 3. The Hall–Kier alpha value is -1.75. The predicted octanol–water partition coefficient (Wildman–Crippen LogP) is 1.02. The zero-order chi connectivity index (χ0) is 10.7. The van der Waals surface area contributed by atoms with Crippen LogP contribution in [0.4, 0.5) is 0 Å². The fourth-order valence-corrected chi connectivity index (χ4v) is 1.23. The summed E-state index contributed by atoms with van der Waals surface area (Å²) in [5.41, 5.74) is 6.48. The van der Waals surface area contributed by atoms with Crippen molar-refractivity contribution in [1.29, 1.82) is 0 Å². The van der Waals surface area contributed by atoms with E-state index in [2.05, 4.69) is 15.1 Å². The fraction of sp³-hybridized carbons (Fsp3) is 0.300. The van der Waals surface area contributed by atoms with Crippen molar-refractivity contribution < 1.29 is 4.52 Å². The number of nitrogens with zero attached hydrogens (tertiary/aromatic N) is 3. The Kier molecular flexibility index (Phi) is 2.73. The molecule has 0 spiro atoms. The first-order valence-corrected chi connectivity index (χ1v) is 4.74. The van der Waals surface area contributed by atoms with Crippen LogP contribution in [-0.4, -0.2) is 21.2 Å². The van der Waals surface area contributed by atoms with Crippen LogP contribution in [0.3, 0.4) is 0 Å². The summed E-state index contributed by atoms with van der Waals surface area (Å²) in [5.74, 6) is 1.11. The molecule has 0 saturated heterocycles. The molecule has 0 aromatic carbocycles. The fourth-order valence-electron chi connectivity index (χ4n) is 1.23. The van der Waals surface area contributed by atoms with Gasteiger partial charge in [0.05, 0.1) is 0 Å². The maximum atomic E-state index is 5.63. The van der Waals surface area contributed by atoms with Crippen LogP contribution in [0.15, 0.2) is 29.0 Å². The van der Waals surface area contributed by atoms with Crippen molar-refractivity contribution in [1.82, 2.24) is 15.1 Å². The third-order valence-electron chi connectivity index (χ3n) is 1.88. The lowest BCUT2D eigenvalue weighted by molar-refractivity contribution is 0.372. The van der Waals surface area contributed by atoms with Gasteiger partial charge in [-0.05, 0) is 19.1 Å². The summed E-state index contributed by atoms with van der Waals surface area (Å²) >= 11 is 0. The van der Waals surface area contributed by atoms with Crippen molar-refractivity contribution in [2.45, 2.75) is 19.4 Å². The molecule has 78 valence electrons. The van der Waals surface area contributed by atoms with Crippen LogP contribution < -0.4 is 5.73 Å². The first-order chi connectivity index (χ1) is 7.25. The van der Waals surface area contributed by atoms with Crippen LogP contribution in [0.2, 0.25) is 0 Å². The minimum absolute atomic E-state index is 0.0206. The van der Waals surface area contributed by atoms with E-state index in [-0.39, 0.29) is 6.04 Å². The van der Waals surface area contributed by atoms with Gasteiger partial charge in [-0.3, -0.25) is 4.98 Å². The second-order valence-electron chi connectivity index (χ2n) is 3.43. The first-order valence-electron chi connectivity index (χ1n) is 4.74. The zero-order valence-corrected chi connectivity index (χ0v) is 8.42. The molecule has 0 amide bonds. The van der Waals surface area contributed by atoms with Crippen molar-refractivity contribution >= 4 is 0 Å². The molecular formula is C10H12N4O. The van der Waals surface area contributed by atoms with Crippen LogP contribution in [0.25, 0.3) is 11.4 Å². The van der Waals surface area contributed by atoms with Gasteiger partial charge in [0.25, 0.3) is 0 Å². The molecule has 0 aliphatic carbocycles. The monoisotopic (exact) mass is 204 g/mol. The molecule has 2 aromatic rings. The smallest absolute Gasteiger partial charge is 0.228 e. The number of pyridine rings is 1. The Morgan fingerprint density at radius 1 is 1.53 bits per heavy atom. The van der Waals surface area contributed by atoms with Crippen LogP contribution in [0.1, 0.15) is 12.8 Å². The van der Waals surface area contributed by atoms with Crippen molar-refractivity contribution in [3.05, 3.63) is 30.4 Å². The van der Waals surface area contributed by atoms with Crippen molar-refractivity contribution in [2.75, 3.05) is 0 Å². The highest BCUT2D eigenvalue weighted by molar-refractivity contribution is 5.51. The molecule has 0 aliphatic rings. The second kappa shape index (κ2) is 4.18. The standard InChI is InChI=1S/C10H12N4O/c1-7(11)5-9-13-10(14-15-9)8-3-2-4-12-6-8/h2-4,6-7H,5,11H2,1H3. The molecule has 0 bridgehead atoms. The Morgan fingerprint density at radius 2 is 2.40 bits per heavy atom. The van der Waals surface area contributed by atoms with Gasteiger partial charge < -0.3 is 10.3 Å². The summed E-state index contributed by atoms with van der Waals surface area (Å²) in [7, 11) is 0. The maximum Gasteiger partial charge on any atom is 0.228 e. The van der Waals surface area contributed by atoms with Gasteiger partial charge in [-0.15, -0.1) is 0 Å². The van der Waals surface area contributed by atoms with Crippen molar-refractivity contribution in [2.24, 2.45) is 5.73 Å². The highest BCUT2D eigenvalue weighted by Crippen LogP contribution is 2.13. The van der Waals surface area contributed by atoms with Crippen LogP contribution in [0.5, 0.6) is 0 Å². The van der Waals surface area contributed by atoms with E-state index < -0.39 is 0 Å². The van der Waals surface area contributed by atoms with Gasteiger partial charge >= 0.3 is 0 Å². The topological polar surface area (TPSA) is 77.8 Å². The molecule has 2 aromatic heterocycles. The lowest BCUT2D eigenvalue weighted by Gasteiger charge is -1.96. The summed E-state index contributed by atoms with van der Waals surface area (Å²) in [6.45, 7) is 1.90. The Bertz CT molecular complexity index is 424. The molecule has 0 saturated carbocycles. The lowest BCUT2D eigenvalue weighted by atomic mass is 10.2. The van der Waals surface area contributed by atoms with E-state index in [0.29, 0.717) is 18.1 Å². The van der Waals surface area contributed by atoms with E-state index in [1.807, 2.05) is 19.1 Å². The summed E-state index contributed by atoms with van der Waals surface area (Å²) in [6, 6.07) is 3.73. The molecule has 5 nitrogen and oxygen atoms in total. The second-order valence-corrected chi connectivity index (χ2v) is 3.43. The lowest BCUT2D eigenvalue weighted by Crippen LogP contribution is -2.17. The molecule has 0 aliphatic heterocycles. The van der Waals surface area contributed by atoms with Gasteiger partial charge in [-0.1, -0.05) is 5.16 Å².